The van der Waals surface area contributed by atoms with Crippen LogP contribution < -0.4 is 0 Å². The zero-order valence-corrected chi connectivity index (χ0v) is 6.26. The summed E-state index contributed by atoms with van der Waals surface area (Å²) in [6, 6.07) is 0. The minimum Gasteiger partial charge on any atom is -0.316 e. The maximum atomic E-state index is 12.0. The van der Waals surface area contributed by atoms with Gasteiger partial charge in [-0.3, -0.25) is 0 Å². The van der Waals surface area contributed by atoms with Crippen molar-refractivity contribution in [1.29, 1.82) is 0 Å². The Bertz CT molecular complexity index is 172. The van der Waals surface area contributed by atoms with Crippen LogP contribution in [0.3, 0.4) is 0 Å². The van der Waals surface area contributed by atoms with Gasteiger partial charge in [0.2, 0.25) is 0 Å². The third kappa shape index (κ3) is 2.23. The van der Waals surface area contributed by atoms with E-state index in [0.717, 1.165) is 6.92 Å². The molecule has 13 heavy (non-hydrogen) atoms. The standard InChI is InChI=1S/C5H5F7O/c1-2-13-5(11,12)3(6,7)4(8,9)10/h2H2,1H3. The van der Waals surface area contributed by atoms with Crippen molar-refractivity contribution in [3.63, 3.8) is 0 Å². The highest BCUT2D eigenvalue weighted by Gasteiger charge is 2.74. The maximum Gasteiger partial charge on any atom is 0.462 e. The highest BCUT2D eigenvalue weighted by atomic mass is 19.4. The molecule has 0 spiro atoms. The van der Waals surface area contributed by atoms with Gasteiger partial charge in [-0.25, -0.2) is 0 Å². The van der Waals surface area contributed by atoms with Gasteiger partial charge in [-0.15, -0.1) is 0 Å². The van der Waals surface area contributed by atoms with Gasteiger partial charge in [-0.2, -0.15) is 30.7 Å². The van der Waals surface area contributed by atoms with Gasteiger partial charge in [0.1, 0.15) is 0 Å². The predicted octanol–water partition coefficient (Wildman–Crippen LogP) is 2.81. The molecule has 0 amide bonds. The van der Waals surface area contributed by atoms with E-state index < -0.39 is 24.8 Å². The van der Waals surface area contributed by atoms with Crippen molar-refractivity contribution in [3.8, 4) is 0 Å². The molecule has 0 fully saturated rings. The molecule has 0 aliphatic heterocycles. The summed E-state index contributed by atoms with van der Waals surface area (Å²) < 4.78 is 84.8. The van der Waals surface area contributed by atoms with Crippen LogP contribution in [0.15, 0.2) is 0 Å². The molecule has 1 nitrogen and oxygen atoms in total. The van der Waals surface area contributed by atoms with E-state index in [2.05, 4.69) is 4.74 Å². The lowest BCUT2D eigenvalue weighted by Crippen LogP contribution is -2.53. The molecule has 0 saturated heterocycles. The SMILES string of the molecule is CCOC(F)(F)C(F)(F)C(F)(F)F. The molecule has 8 heteroatoms. The molecule has 0 bridgehead atoms. The Labute approximate surface area is 68.5 Å². The van der Waals surface area contributed by atoms with Gasteiger partial charge in [0.25, 0.3) is 0 Å². The largest absolute Gasteiger partial charge is 0.462 e. The lowest BCUT2D eigenvalue weighted by molar-refractivity contribution is -0.423. The van der Waals surface area contributed by atoms with Gasteiger partial charge >= 0.3 is 18.2 Å². The second kappa shape index (κ2) is 3.32. The molecule has 0 heterocycles. The molecular formula is C5H5F7O. The van der Waals surface area contributed by atoms with Crippen molar-refractivity contribution in [3.05, 3.63) is 0 Å². The Balaban J connectivity index is 4.81. The van der Waals surface area contributed by atoms with Crippen molar-refractivity contribution in [1.82, 2.24) is 0 Å². The van der Waals surface area contributed by atoms with Gasteiger partial charge in [-0.05, 0) is 6.92 Å². The fraction of sp³-hybridized carbons (Fsp3) is 1.00. The van der Waals surface area contributed by atoms with Crippen molar-refractivity contribution in [2.75, 3.05) is 6.61 Å². The van der Waals surface area contributed by atoms with Crippen LogP contribution in [0.5, 0.6) is 0 Å². The van der Waals surface area contributed by atoms with Crippen LogP contribution in [0.2, 0.25) is 0 Å². The van der Waals surface area contributed by atoms with E-state index in [4.69, 9.17) is 0 Å². The van der Waals surface area contributed by atoms with Crippen LogP contribution in [0.4, 0.5) is 30.7 Å². The topological polar surface area (TPSA) is 9.23 Å². The van der Waals surface area contributed by atoms with Gasteiger partial charge in [0, 0.05) is 0 Å². The van der Waals surface area contributed by atoms with E-state index in [9.17, 15) is 30.7 Å². The second-order valence-electron chi connectivity index (χ2n) is 2.02. The third-order valence-electron chi connectivity index (χ3n) is 1.05. The zero-order chi connectivity index (χ0) is 10.9. The van der Waals surface area contributed by atoms with Crippen LogP contribution in [-0.2, 0) is 4.74 Å². The van der Waals surface area contributed by atoms with E-state index in [0.29, 0.717) is 0 Å². The molecule has 0 radical (unpaired) electrons. The molecule has 0 aromatic heterocycles. The Morgan fingerprint density at radius 3 is 1.54 bits per heavy atom. The summed E-state index contributed by atoms with van der Waals surface area (Å²) in [5, 5.41) is 0. The third-order valence-corrected chi connectivity index (χ3v) is 1.05. The molecule has 0 rings (SSSR count). The first-order chi connectivity index (χ1) is 5.56. The van der Waals surface area contributed by atoms with Crippen LogP contribution in [0, 0.1) is 0 Å². The van der Waals surface area contributed by atoms with Gasteiger partial charge in [0.15, 0.2) is 0 Å². The second-order valence-corrected chi connectivity index (χ2v) is 2.02. The van der Waals surface area contributed by atoms with Crippen molar-refractivity contribution in [2.24, 2.45) is 0 Å². The predicted molar refractivity (Wildman–Crippen MR) is 27.6 cm³/mol. The first-order valence-corrected chi connectivity index (χ1v) is 3.02. The smallest absolute Gasteiger partial charge is 0.316 e. The molecule has 0 unspecified atom stereocenters. The number of alkyl halides is 7. The van der Waals surface area contributed by atoms with E-state index >= 15 is 0 Å². The number of rotatable bonds is 3. The highest BCUT2D eigenvalue weighted by Crippen LogP contribution is 2.46. The summed E-state index contributed by atoms with van der Waals surface area (Å²) in [7, 11) is 0. The lowest BCUT2D eigenvalue weighted by Gasteiger charge is -2.26. The quantitative estimate of drug-likeness (QED) is 0.656. The number of hydrogen-bond acceptors (Lipinski definition) is 1. The highest BCUT2D eigenvalue weighted by molar-refractivity contribution is 4.84. The van der Waals surface area contributed by atoms with Crippen molar-refractivity contribution in [2.45, 2.75) is 25.1 Å². The van der Waals surface area contributed by atoms with E-state index in [-0.39, 0.29) is 0 Å². The Morgan fingerprint density at radius 1 is 0.923 bits per heavy atom. The lowest BCUT2D eigenvalue weighted by atomic mass is 10.3. The molecular weight excluding hydrogens is 209 g/mol. The van der Waals surface area contributed by atoms with Gasteiger partial charge in [-0.1, -0.05) is 0 Å². The molecule has 0 aliphatic carbocycles. The maximum absolute atomic E-state index is 12.0. The van der Waals surface area contributed by atoms with Crippen LogP contribution in [-0.4, -0.2) is 24.8 Å². The first kappa shape index (κ1) is 12.5. The van der Waals surface area contributed by atoms with Crippen molar-refractivity contribution < 1.29 is 35.5 Å². The molecule has 80 valence electrons. The van der Waals surface area contributed by atoms with Crippen molar-refractivity contribution >= 4 is 0 Å². The molecule has 0 atom stereocenters. The number of ether oxygens (including phenoxy) is 1. The number of hydrogen-bond donors (Lipinski definition) is 0. The summed E-state index contributed by atoms with van der Waals surface area (Å²) in [6.07, 6.45) is -11.9. The van der Waals surface area contributed by atoms with Gasteiger partial charge in [0.05, 0.1) is 6.61 Å². The average Bonchev–Trinajstić information content (AvgIpc) is 1.84. The summed E-state index contributed by atoms with van der Waals surface area (Å²) >= 11 is 0. The number of halogens is 7. The molecule has 0 aromatic rings. The Hall–Kier alpha value is -0.530. The minimum atomic E-state index is -6.33. The average molecular weight is 214 g/mol. The summed E-state index contributed by atoms with van der Waals surface area (Å²) in [4.78, 5) is 0. The monoisotopic (exact) mass is 214 g/mol. The Kier molecular flexibility index (Phi) is 3.18. The van der Waals surface area contributed by atoms with Crippen LogP contribution in [0.25, 0.3) is 0 Å². The molecule has 0 aromatic carbocycles. The summed E-state index contributed by atoms with van der Waals surface area (Å²) in [5.74, 6) is -6.17. The summed E-state index contributed by atoms with van der Waals surface area (Å²) in [6.45, 7) is -0.0704. The molecule has 0 aliphatic rings. The first-order valence-electron chi connectivity index (χ1n) is 3.02. The van der Waals surface area contributed by atoms with E-state index in [1.807, 2.05) is 0 Å². The van der Waals surface area contributed by atoms with E-state index in [1.54, 1.807) is 0 Å². The van der Waals surface area contributed by atoms with E-state index in [1.165, 1.54) is 0 Å². The molecule has 0 N–H and O–H groups in total. The molecule has 0 saturated carbocycles. The van der Waals surface area contributed by atoms with Crippen LogP contribution >= 0.6 is 0 Å². The van der Waals surface area contributed by atoms with Gasteiger partial charge < -0.3 is 4.74 Å². The fourth-order valence-electron chi connectivity index (χ4n) is 0.437. The van der Waals surface area contributed by atoms with Crippen LogP contribution in [0.1, 0.15) is 6.92 Å². The summed E-state index contributed by atoms with van der Waals surface area (Å²) in [5.41, 5.74) is 0. The zero-order valence-electron chi connectivity index (χ0n) is 6.26. The fourth-order valence-corrected chi connectivity index (χ4v) is 0.437. The Morgan fingerprint density at radius 2 is 1.31 bits per heavy atom. The minimum absolute atomic E-state index is 0.875. The normalized spacial score (nSPS) is 14.8.